The minimum atomic E-state index is -3.35. The third kappa shape index (κ3) is 3.05. The van der Waals surface area contributed by atoms with Crippen LogP contribution < -0.4 is 5.32 Å². The van der Waals surface area contributed by atoms with E-state index < -0.39 is 10.0 Å². The van der Waals surface area contributed by atoms with Crippen LogP contribution in [-0.4, -0.2) is 32.9 Å². The van der Waals surface area contributed by atoms with Gasteiger partial charge in [0.05, 0.1) is 4.90 Å². The fourth-order valence-corrected chi connectivity index (χ4v) is 4.14. The van der Waals surface area contributed by atoms with Crippen molar-refractivity contribution in [3.05, 3.63) is 29.8 Å². The predicted molar refractivity (Wildman–Crippen MR) is 81.1 cm³/mol. The average Bonchev–Trinajstić information content (AvgIpc) is 2.79. The molecule has 1 aromatic rings. The van der Waals surface area contributed by atoms with Gasteiger partial charge in [-0.05, 0) is 43.5 Å². The van der Waals surface area contributed by atoms with Crippen molar-refractivity contribution in [3.63, 3.8) is 0 Å². The van der Waals surface area contributed by atoms with Gasteiger partial charge in [0.2, 0.25) is 10.0 Å². The van der Waals surface area contributed by atoms with Gasteiger partial charge in [-0.15, -0.1) is 0 Å². The van der Waals surface area contributed by atoms with Gasteiger partial charge >= 0.3 is 0 Å². The Morgan fingerprint density at radius 3 is 2.30 bits per heavy atom. The molecule has 0 aliphatic carbocycles. The Morgan fingerprint density at radius 1 is 1.25 bits per heavy atom. The fraction of sp³-hybridized carbons (Fsp3) is 0.600. The zero-order valence-corrected chi connectivity index (χ0v) is 13.5. The van der Waals surface area contributed by atoms with Gasteiger partial charge in [0.15, 0.2) is 0 Å². The molecule has 1 atom stereocenters. The van der Waals surface area contributed by atoms with Crippen LogP contribution in [0.25, 0.3) is 0 Å². The topological polar surface area (TPSA) is 49.4 Å². The summed E-state index contributed by atoms with van der Waals surface area (Å²) in [5, 5.41) is 3.15. The first-order valence-corrected chi connectivity index (χ1v) is 8.48. The maximum absolute atomic E-state index is 12.6. The molecule has 1 fully saturated rings. The molecule has 112 valence electrons. The molecule has 1 aliphatic rings. The average molecular weight is 296 g/mol. The van der Waals surface area contributed by atoms with E-state index in [9.17, 15) is 8.42 Å². The number of hydrogen-bond donors (Lipinski definition) is 1. The molecule has 0 bridgehead atoms. The van der Waals surface area contributed by atoms with Crippen LogP contribution in [0.4, 0.5) is 0 Å². The molecule has 1 heterocycles. The third-order valence-corrected chi connectivity index (χ3v) is 5.95. The van der Waals surface area contributed by atoms with Crippen molar-refractivity contribution in [2.24, 2.45) is 5.41 Å². The van der Waals surface area contributed by atoms with Crippen LogP contribution in [0.5, 0.6) is 0 Å². The number of sulfonamides is 1. The maximum atomic E-state index is 12.6. The van der Waals surface area contributed by atoms with Crippen molar-refractivity contribution in [2.45, 2.75) is 38.1 Å². The van der Waals surface area contributed by atoms with Gasteiger partial charge in [-0.1, -0.05) is 26.0 Å². The minimum absolute atomic E-state index is 0.0770. The first kappa shape index (κ1) is 15.5. The van der Waals surface area contributed by atoms with E-state index >= 15 is 0 Å². The maximum Gasteiger partial charge on any atom is 0.243 e. The van der Waals surface area contributed by atoms with Crippen LogP contribution in [0.1, 0.15) is 38.8 Å². The van der Waals surface area contributed by atoms with Crippen molar-refractivity contribution in [2.75, 3.05) is 20.1 Å². The van der Waals surface area contributed by atoms with E-state index in [1.807, 2.05) is 26.1 Å². The summed E-state index contributed by atoms with van der Waals surface area (Å²) in [6.07, 6.45) is 0.918. The summed E-state index contributed by atoms with van der Waals surface area (Å²) in [7, 11) is -1.46. The van der Waals surface area contributed by atoms with Crippen LogP contribution >= 0.6 is 0 Å². The van der Waals surface area contributed by atoms with E-state index in [1.54, 1.807) is 16.4 Å². The van der Waals surface area contributed by atoms with Crippen LogP contribution in [-0.2, 0) is 10.0 Å². The lowest BCUT2D eigenvalue weighted by Crippen LogP contribution is -2.30. The second kappa shape index (κ2) is 5.47. The fourth-order valence-electron chi connectivity index (χ4n) is 2.51. The summed E-state index contributed by atoms with van der Waals surface area (Å²) < 4.78 is 26.8. The van der Waals surface area contributed by atoms with Gasteiger partial charge in [-0.3, -0.25) is 0 Å². The highest BCUT2D eigenvalue weighted by atomic mass is 32.2. The van der Waals surface area contributed by atoms with Crippen LogP contribution in [0.15, 0.2) is 29.2 Å². The molecule has 0 amide bonds. The van der Waals surface area contributed by atoms with Crippen molar-refractivity contribution >= 4 is 10.0 Å². The molecule has 20 heavy (non-hydrogen) atoms. The van der Waals surface area contributed by atoms with E-state index in [0.29, 0.717) is 18.0 Å². The van der Waals surface area contributed by atoms with Crippen LogP contribution in [0.3, 0.4) is 0 Å². The van der Waals surface area contributed by atoms with E-state index in [-0.39, 0.29) is 11.5 Å². The van der Waals surface area contributed by atoms with E-state index in [0.717, 1.165) is 12.0 Å². The van der Waals surface area contributed by atoms with Crippen molar-refractivity contribution in [1.29, 1.82) is 0 Å². The molecule has 5 heteroatoms. The number of rotatable bonds is 4. The number of nitrogens with zero attached hydrogens (tertiary/aromatic N) is 1. The van der Waals surface area contributed by atoms with Gasteiger partial charge in [0, 0.05) is 19.1 Å². The second-order valence-corrected chi connectivity index (χ2v) is 8.27. The van der Waals surface area contributed by atoms with Gasteiger partial charge in [-0.25, -0.2) is 8.42 Å². The van der Waals surface area contributed by atoms with E-state index in [1.165, 1.54) is 0 Å². The van der Waals surface area contributed by atoms with Gasteiger partial charge in [0.25, 0.3) is 0 Å². The largest absolute Gasteiger partial charge is 0.313 e. The zero-order chi connectivity index (χ0) is 15.0. The molecule has 0 saturated carbocycles. The molecule has 1 unspecified atom stereocenters. The highest BCUT2D eigenvalue weighted by molar-refractivity contribution is 7.89. The molecule has 4 nitrogen and oxygen atoms in total. The normalized spacial score (nSPS) is 21.0. The third-order valence-electron chi connectivity index (χ3n) is 4.09. The standard InChI is InChI=1S/C15H24N2O2S/c1-12(16-4)13-5-7-14(8-6-13)20(18,19)17-10-9-15(2,3)11-17/h5-8,12,16H,9-11H2,1-4H3. The smallest absolute Gasteiger partial charge is 0.243 e. The molecule has 0 spiro atoms. The molecular weight excluding hydrogens is 272 g/mol. The molecule has 1 aromatic carbocycles. The molecule has 1 N–H and O–H groups in total. The number of benzene rings is 1. The molecule has 2 rings (SSSR count). The van der Waals surface area contributed by atoms with Crippen LogP contribution in [0, 0.1) is 5.41 Å². The van der Waals surface area contributed by atoms with Crippen LogP contribution in [0.2, 0.25) is 0 Å². The Morgan fingerprint density at radius 2 is 1.85 bits per heavy atom. The Bertz CT molecular complexity index is 564. The SMILES string of the molecule is CNC(C)c1ccc(S(=O)(=O)N2CCC(C)(C)C2)cc1. The molecule has 1 saturated heterocycles. The Balaban J connectivity index is 2.22. The van der Waals surface area contributed by atoms with Gasteiger partial charge in [0.1, 0.15) is 0 Å². The van der Waals surface area contributed by atoms with Crippen molar-refractivity contribution in [3.8, 4) is 0 Å². The molecular formula is C15H24N2O2S. The van der Waals surface area contributed by atoms with E-state index in [4.69, 9.17) is 0 Å². The molecule has 0 radical (unpaired) electrons. The summed E-state index contributed by atoms with van der Waals surface area (Å²) in [5.74, 6) is 0. The predicted octanol–water partition coefficient (Wildman–Crippen LogP) is 2.39. The van der Waals surface area contributed by atoms with Gasteiger partial charge < -0.3 is 5.32 Å². The highest BCUT2D eigenvalue weighted by Crippen LogP contribution is 2.32. The lowest BCUT2D eigenvalue weighted by atomic mass is 9.93. The Hall–Kier alpha value is -0.910. The lowest BCUT2D eigenvalue weighted by Gasteiger charge is -2.20. The molecule has 1 aliphatic heterocycles. The minimum Gasteiger partial charge on any atom is -0.313 e. The number of nitrogens with one attached hydrogen (secondary N) is 1. The zero-order valence-electron chi connectivity index (χ0n) is 12.7. The summed E-state index contributed by atoms with van der Waals surface area (Å²) in [4.78, 5) is 0.391. The summed E-state index contributed by atoms with van der Waals surface area (Å²) in [5.41, 5.74) is 1.17. The summed E-state index contributed by atoms with van der Waals surface area (Å²) in [6.45, 7) is 7.49. The Kier molecular flexibility index (Phi) is 4.23. The highest BCUT2D eigenvalue weighted by Gasteiger charge is 2.36. The Labute approximate surface area is 122 Å². The first-order chi connectivity index (χ1) is 9.26. The molecule has 0 aromatic heterocycles. The van der Waals surface area contributed by atoms with E-state index in [2.05, 4.69) is 19.2 Å². The summed E-state index contributed by atoms with van der Waals surface area (Å²) in [6, 6.07) is 7.41. The second-order valence-electron chi connectivity index (χ2n) is 6.33. The quantitative estimate of drug-likeness (QED) is 0.928. The van der Waals surface area contributed by atoms with Crippen molar-refractivity contribution in [1.82, 2.24) is 9.62 Å². The number of hydrogen-bond acceptors (Lipinski definition) is 3. The monoisotopic (exact) mass is 296 g/mol. The lowest BCUT2D eigenvalue weighted by molar-refractivity contribution is 0.375. The first-order valence-electron chi connectivity index (χ1n) is 7.04. The summed E-state index contributed by atoms with van der Waals surface area (Å²) >= 11 is 0. The van der Waals surface area contributed by atoms with Crippen molar-refractivity contribution < 1.29 is 8.42 Å². The van der Waals surface area contributed by atoms with Gasteiger partial charge in [-0.2, -0.15) is 4.31 Å².